The van der Waals surface area contributed by atoms with Crippen LogP contribution in [0.5, 0.6) is 0 Å². The molecule has 2 heterocycles. The van der Waals surface area contributed by atoms with Gasteiger partial charge in [0.05, 0.1) is 0 Å². The highest BCUT2D eigenvalue weighted by Gasteiger charge is 2.35. The van der Waals surface area contributed by atoms with Crippen LogP contribution in [0.1, 0.15) is 48.7 Å². The minimum absolute atomic E-state index is 0.291. The van der Waals surface area contributed by atoms with Gasteiger partial charge in [-0.2, -0.15) is 0 Å². The van der Waals surface area contributed by atoms with Crippen LogP contribution >= 0.6 is 11.3 Å². The van der Waals surface area contributed by atoms with Gasteiger partial charge in [0.1, 0.15) is 16.7 Å². The van der Waals surface area contributed by atoms with E-state index in [4.69, 9.17) is 0 Å². The molecule has 1 aliphatic heterocycles. The molecule has 1 saturated heterocycles. The van der Waals surface area contributed by atoms with Gasteiger partial charge in [-0.1, -0.05) is 38.1 Å². The standard InChI is InChI=1S/C18H20N2O3S/c1-11(2)12-5-7-13(8-6-12)16-19-14(10-24-16)17(21)20-9-3-4-15(20)18(22)23/h5-8,10-11,15H,3-4,9H2,1-2H3,(H,22,23)/t15-/m0/s1. The van der Waals surface area contributed by atoms with Crippen molar-refractivity contribution in [1.29, 1.82) is 0 Å². The van der Waals surface area contributed by atoms with E-state index in [1.807, 2.05) is 12.1 Å². The summed E-state index contributed by atoms with van der Waals surface area (Å²) in [5.41, 5.74) is 2.56. The number of hydrogen-bond donors (Lipinski definition) is 1. The molecule has 1 N–H and O–H groups in total. The van der Waals surface area contributed by atoms with Crippen molar-refractivity contribution in [2.45, 2.75) is 38.6 Å². The maximum atomic E-state index is 12.6. The third-order valence-corrected chi connectivity index (χ3v) is 5.24. The summed E-state index contributed by atoms with van der Waals surface area (Å²) in [6, 6.07) is 7.44. The van der Waals surface area contributed by atoms with Gasteiger partial charge in [-0.25, -0.2) is 9.78 Å². The summed E-state index contributed by atoms with van der Waals surface area (Å²) < 4.78 is 0. The van der Waals surface area contributed by atoms with Gasteiger partial charge in [-0.15, -0.1) is 11.3 Å². The van der Waals surface area contributed by atoms with Crippen molar-refractivity contribution >= 4 is 23.2 Å². The zero-order valence-electron chi connectivity index (χ0n) is 13.7. The van der Waals surface area contributed by atoms with Crippen LogP contribution in [0.4, 0.5) is 0 Å². The van der Waals surface area contributed by atoms with E-state index in [1.165, 1.54) is 21.8 Å². The van der Waals surface area contributed by atoms with Crippen molar-refractivity contribution in [3.05, 3.63) is 40.9 Å². The van der Waals surface area contributed by atoms with Crippen molar-refractivity contribution in [3.63, 3.8) is 0 Å². The Hall–Kier alpha value is -2.21. The molecule has 2 aromatic rings. The van der Waals surface area contributed by atoms with E-state index in [0.29, 0.717) is 24.6 Å². The largest absolute Gasteiger partial charge is 0.480 e. The summed E-state index contributed by atoms with van der Waals surface area (Å²) in [5.74, 6) is -0.766. The molecule has 24 heavy (non-hydrogen) atoms. The van der Waals surface area contributed by atoms with Crippen LogP contribution in [0.15, 0.2) is 29.6 Å². The van der Waals surface area contributed by atoms with E-state index in [0.717, 1.165) is 17.0 Å². The molecule has 0 unspecified atom stereocenters. The average molecular weight is 344 g/mol. The van der Waals surface area contributed by atoms with E-state index in [2.05, 4.69) is 31.0 Å². The molecule has 5 nitrogen and oxygen atoms in total. The van der Waals surface area contributed by atoms with Gasteiger partial charge in [-0.3, -0.25) is 4.79 Å². The first-order chi connectivity index (χ1) is 11.5. The molecule has 0 radical (unpaired) electrons. The van der Waals surface area contributed by atoms with Gasteiger partial charge >= 0.3 is 5.97 Å². The Balaban J connectivity index is 1.80. The number of hydrogen-bond acceptors (Lipinski definition) is 4. The van der Waals surface area contributed by atoms with Gasteiger partial charge in [-0.05, 0) is 24.3 Å². The van der Waals surface area contributed by atoms with Crippen molar-refractivity contribution in [3.8, 4) is 10.6 Å². The fraction of sp³-hybridized carbons (Fsp3) is 0.389. The molecule has 1 aromatic carbocycles. The van der Waals surface area contributed by atoms with E-state index in [1.54, 1.807) is 5.38 Å². The highest BCUT2D eigenvalue weighted by Crippen LogP contribution is 2.27. The maximum absolute atomic E-state index is 12.6. The number of carbonyl (C=O) groups excluding carboxylic acids is 1. The molecule has 126 valence electrons. The Kier molecular flexibility index (Phi) is 4.66. The number of rotatable bonds is 4. The second-order valence-corrected chi connectivity index (χ2v) is 7.17. The fourth-order valence-corrected chi connectivity index (χ4v) is 3.73. The van der Waals surface area contributed by atoms with Gasteiger partial charge in [0, 0.05) is 17.5 Å². The summed E-state index contributed by atoms with van der Waals surface area (Å²) in [7, 11) is 0. The zero-order valence-corrected chi connectivity index (χ0v) is 14.5. The first-order valence-electron chi connectivity index (χ1n) is 8.07. The molecule has 1 amide bonds. The summed E-state index contributed by atoms with van der Waals surface area (Å²) in [6.45, 7) is 4.76. The average Bonchev–Trinajstić information content (AvgIpc) is 3.24. The SMILES string of the molecule is CC(C)c1ccc(-c2nc(C(=O)N3CCC[C@H]3C(=O)O)cs2)cc1. The van der Waals surface area contributed by atoms with Crippen LogP contribution < -0.4 is 0 Å². The lowest BCUT2D eigenvalue weighted by Gasteiger charge is -2.20. The molecule has 0 spiro atoms. The summed E-state index contributed by atoms with van der Waals surface area (Å²) >= 11 is 1.41. The van der Waals surface area contributed by atoms with Crippen molar-refractivity contribution in [1.82, 2.24) is 9.88 Å². The van der Waals surface area contributed by atoms with E-state index in [-0.39, 0.29) is 5.91 Å². The topological polar surface area (TPSA) is 70.5 Å². The predicted molar refractivity (Wildman–Crippen MR) is 93.3 cm³/mol. The Morgan fingerprint density at radius 1 is 1.29 bits per heavy atom. The van der Waals surface area contributed by atoms with Crippen LogP contribution in [-0.2, 0) is 4.79 Å². The van der Waals surface area contributed by atoms with E-state index in [9.17, 15) is 14.7 Å². The van der Waals surface area contributed by atoms with Gasteiger partial charge < -0.3 is 10.0 Å². The molecular formula is C18H20N2O3S. The molecule has 0 bridgehead atoms. The Bertz CT molecular complexity index is 752. The molecule has 6 heteroatoms. The van der Waals surface area contributed by atoms with Crippen LogP contribution in [0.3, 0.4) is 0 Å². The first-order valence-corrected chi connectivity index (χ1v) is 8.95. The molecule has 0 saturated carbocycles. The molecule has 1 aliphatic rings. The van der Waals surface area contributed by atoms with Crippen molar-refractivity contribution in [2.75, 3.05) is 6.54 Å². The van der Waals surface area contributed by atoms with Crippen molar-refractivity contribution in [2.24, 2.45) is 0 Å². The predicted octanol–water partition coefficient (Wildman–Crippen LogP) is 3.62. The highest BCUT2D eigenvalue weighted by molar-refractivity contribution is 7.13. The van der Waals surface area contributed by atoms with Crippen LogP contribution in [0.2, 0.25) is 0 Å². The number of carbonyl (C=O) groups is 2. The number of aliphatic carboxylic acids is 1. The van der Waals surface area contributed by atoms with Gasteiger partial charge in [0.2, 0.25) is 0 Å². The zero-order chi connectivity index (χ0) is 17.3. The maximum Gasteiger partial charge on any atom is 0.326 e. The monoisotopic (exact) mass is 344 g/mol. The number of nitrogens with zero attached hydrogens (tertiary/aromatic N) is 2. The van der Waals surface area contributed by atoms with E-state index < -0.39 is 12.0 Å². The Morgan fingerprint density at radius 3 is 2.62 bits per heavy atom. The fourth-order valence-electron chi connectivity index (χ4n) is 2.93. The number of likely N-dealkylation sites (tertiary alicyclic amines) is 1. The molecule has 1 fully saturated rings. The number of aromatic nitrogens is 1. The third kappa shape index (κ3) is 3.19. The van der Waals surface area contributed by atoms with Crippen LogP contribution in [-0.4, -0.2) is 39.5 Å². The summed E-state index contributed by atoms with van der Waals surface area (Å²) in [6.07, 6.45) is 1.23. The lowest BCUT2D eigenvalue weighted by Crippen LogP contribution is -2.40. The normalized spacial score (nSPS) is 17.5. The summed E-state index contributed by atoms with van der Waals surface area (Å²) in [4.78, 5) is 29.7. The Labute approximate surface area is 145 Å². The first kappa shape index (κ1) is 16.6. The van der Waals surface area contributed by atoms with E-state index >= 15 is 0 Å². The number of carboxylic acid groups (broad SMARTS) is 1. The smallest absolute Gasteiger partial charge is 0.326 e. The highest BCUT2D eigenvalue weighted by atomic mass is 32.1. The number of benzene rings is 1. The lowest BCUT2D eigenvalue weighted by molar-refractivity contribution is -0.141. The molecule has 1 aromatic heterocycles. The lowest BCUT2D eigenvalue weighted by atomic mass is 10.0. The van der Waals surface area contributed by atoms with Crippen LogP contribution in [0.25, 0.3) is 10.6 Å². The minimum Gasteiger partial charge on any atom is -0.480 e. The second kappa shape index (κ2) is 6.73. The molecule has 1 atom stereocenters. The van der Waals surface area contributed by atoms with Crippen molar-refractivity contribution < 1.29 is 14.7 Å². The molecule has 3 rings (SSSR count). The van der Waals surface area contributed by atoms with Gasteiger partial charge in [0.15, 0.2) is 0 Å². The molecule has 0 aliphatic carbocycles. The van der Waals surface area contributed by atoms with Crippen LogP contribution in [0, 0.1) is 0 Å². The molecular weight excluding hydrogens is 324 g/mol. The minimum atomic E-state index is -0.944. The second-order valence-electron chi connectivity index (χ2n) is 6.31. The van der Waals surface area contributed by atoms with Gasteiger partial charge in [0.25, 0.3) is 5.91 Å². The summed E-state index contributed by atoms with van der Waals surface area (Å²) in [5, 5.41) is 11.7. The Morgan fingerprint density at radius 2 is 2.00 bits per heavy atom. The quantitative estimate of drug-likeness (QED) is 0.919. The number of amides is 1. The third-order valence-electron chi connectivity index (χ3n) is 4.35. The number of thiazole rings is 1. The number of carboxylic acids is 1.